The lowest BCUT2D eigenvalue weighted by Crippen LogP contribution is -2.78. The van der Waals surface area contributed by atoms with Crippen LogP contribution in [0.2, 0.25) is 0 Å². The van der Waals surface area contributed by atoms with Gasteiger partial charge < -0.3 is 30.2 Å². The fourth-order valence-electron chi connectivity index (χ4n) is 8.50. The highest BCUT2D eigenvalue weighted by atomic mass is 16.3. The second-order valence-corrected chi connectivity index (χ2v) is 14.6. The minimum absolute atomic E-state index is 0.333. The molecule has 2 aliphatic carbocycles. The van der Waals surface area contributed by atoms with Gasteiger partial charge in [-0.25, -0.2) is 0 Å². The Balaban J connectivity index is 1.22. The van der Waals surface area contributed by atoms with Crippen molar-refractivity contribution < 1.29 is 20.4 Å². The van der Waals surface area contributed by atoms with Crippen LogP contribution < -0.4 is 30.2 Å². The zero-order valence-electron chi connectivity index (χ0n) is 27.2. The van der Waals surface area contributed by atoms with E-state index in [2.05, 4.69) is 75.6 Å². The molecular weight excluding hydrogens is 548 g/mol. The summed E-state index contributed by atoms with van der Waals surface area (Å²) in [4.78, 5) is 4.55. The summed E-state index contributed by atoms with van der Waals surface area (Å²) >= 11 is 0. The van der Waals surface area contributed by atoms with E-state index < -0.39 is 48.1 Å². The van der Waals surface area contributed by atoms with E-state index in [0.29, 0.717) is 0 Å². The first-order chi connectivity index (χ1) is 21.0. The van der Waals surface area contributed by atoms with Crippen LogP contribution in [0.5, 0.6) is 0 Å². The van der Waals surface area contributed by atoms with Crippen molar-refractivity contribution in [1.82, 2.24) is 0 Å². The molecule has 4 unspecified atom stereocenters. The van der Waals surface area contributed by atoms with Crippen molar-refractivity contribution in [2.75, 3.05) is 22.9 Å². The highest BCUT2D eigenvalue weighted by Crippen LogP contribution is 2.53. The first-order valence-corrected chi connectivity index (χ1v) is 16.8. The Morgan fingerprint density at radius 1 is 0.591 bits per heavy atom. The molecular formula is C38H48N2O4-4. The van der Waals surface area contributed by atoms with Gasteiger partial charge in [-0.3, -0.25) is 0 Å². The third kappa shape index (κ3) is 4.67. The number of fused-ring (bicyclic) bond motifs is 2. The van der Waals surface area contributed by atoms with Crippen LogP contribution in [0.15, 0.2) is 72.1 Å². The standard InChI is InChI=1S/C38H48N2O4/c1-7-9-19-39-27-17-13-11-15-25(27)37(3,4)29(39)21-23-33(41)31(34(23)42)32-35(43)24(36(32)44)22-30-38(5,6)26-16-12-14-18-28(26)40(30)20-10-8-2/h11-18,21-24,31-36H,7-10,19-20H2,1-6H3/q-4. The highest BCUT2D eigenvalue weighted by molar-refractivity contribution is 5.71. The lowest BCUT2D eigenvalue weighted by atomic mass is 9.52. The van der Waals surface area contributed by atoms with Gasteiger partial charge in [-0.15, -0.1) is 24.4 Å². The van der Waals surface area contributed by atoms with Gasteiger partial charge in [0.25, 0.3) is 0 Å². The van der Waals surface area contributed by atoms with Crippen molar-refractivity contribution in [2.45, 2.75) is 102 Å². The molecule has 0 amide bonds. The van der Waals surface area contributed by atoms with E-state index in [1.54, 1.807) is 0 Å². The molecule has 6 heteroatoms. The largest absolute Gasteiger partial charge is 0.851 e. The van der Waals surface area contributed by atoms with E-state index in [1.165, 1.54) is 11.1 Å². The summed E-state index contributed by atoms with van der Waals surface area (Å²) < 4.78 is 0. The molecule has 2 saturated carbocycles. The number of hydrogen-bond acceptors (Lipinski definition) is 6. The lowest BCUT2D eigenvalue weighted by molar-refractivity contribution is -0.608. The number of nitrogens with zero attached hydrogens (tertiary/aromatic N) is 2. The molecule has 2 aromatic rings. The number of allylic oxidation sites excluding steroid dienone is 2. The van der Waals surface area contributed by atoms with E-state index in [4.69, 9.17) is 0 Å². The predicted octanol–water partition coefficient (Wildman–Crippen LogP) is 3.36. The third-order valence-corrected chi connectivity index (χ3v) is 11.2. The zero-order valence-corrected chi connectivity index (χ0v) is 27.2. The van der Waals surface area contributed by atoms with Crippen LogP contribution in [-0.4, -0.2) is 37.5 Å². The minimum Gasteiger partial charge on any atom is -0.851 e. The molecule has 2 heterocycles. The van der Waals surface area contributed by atoms with E-state index in [0.717, 1.165) is 61.5 Å². The fourth-order valence-corrected chi connectivity index (χ4v) is 8.50. The maximum atomic E-state index is 13.7. The monoisotopic (exact) mass is 596 g/mol. The van der Waals surface area contributed by atoms with Crippen molar-refractivity contribution in [1.29, 1.82) is 0 Å². The smallest absolute Gasteiger partial charge is 0.0450 e. The molecule has 6 nitrogen and oxygen atoms in total. The molecule has 0 N–H and O–H groups in total. The molecule has 0 aromatic heterocycles. The Labute approximate surface area is 263 Å². The van der Waals surface area contributed by atoms with Gasteiger partial charge in [-0.05, 0) is 47.9 Å². The highest BCUT2D eigenvalue weighted by Gasteiger charge is 2.50. The van der Waals surface area contributed by atoms with Gasteiger partial charge in [0, 0.05) is 46.7 Å². The van der Waals surface area contributed by atoms with Crippen LogP contribution in [0, 0.1) is 23.7 Å². The predicted molar refractivity (Wildman–Crippen MR) is 169 cm³/mol. The summed E-state index contributed by atoms with van der Waals surface area (Å²) in [6.45, 7) is 14.6. The van der Waals surface area contributed by atoms with Gasteiger partial charge in [0.2, 0.25) is 0 Å². The van der Waals surface area contributed by atoms with Crippen molar-refractivity contribution in [3.05, 3.63) is 83.2 Å². The molecule has 4 atom stereocenters. The van der Waals surface area contributed by atoms with E-state index >= 15 is 0 Å². The summed E-state index contributed by atoms with van der Waals surface area (Å²) in [6, 6.07) is 16.6. The molecule has 44 heavy (non-hydrogen) atoms. The van der Waals surface area contributed by atoms with Gasteiger partial charge >= 0.3 is 0 Å². The topological polar surface area (TPSA) is 98.7 Å². The normalized spacial score (nSPS) is 35.0. The Kier molecular flexibility index (Phi) is 8.28. The Bertz CT molecular complexity index is 1300. The van der Waals surface area contributed by atoms with Crippen LogP contribution in [-0.2, 0) is 10.8 Å². The van der Waals surface area contributed by atoms with Crippen molar-refractivity contribution >= 4 is 11.4 Å². The van der Waals surface area contributed by atoms with Crippen LogP contribution in [0.4, 0.5) is 11.4 Å². The molecule has 2 fully saturated rings. The van der Waals surface area contributed by atoms with Gasteiger partial charge in [-0.2, -0.15) is 0 Å². The van der Waals surface area contributed by atoms with Crippen molar-refractivity contribution in [3.8, 4) is 0 Å². The zero-order chi connectivity index (χ0) is 31.6. The number of benzene rings is 2. The molecule has 0 radical (unpaired) electrons. The minimum atomic E-state index is -1.22. The molecule has 2 aromatic carbocycles. The average molecular weight is 597 g/mol. The van der Waals surface area contributed by atoms with Crippen LogP contribution >= 0.6 is 0 Å². The Morgan fingerprint density at radius 3 is 1.27 bits per heavy atom. The summed E-state index contributed by atoms with van der Waals surface area (Å²) in [5.74, 6) is -3.29. The fraction of sp³-hybridized carbons (Fsp3) is 0.579. The number of anilines is 2. The second-order valence-electron chi connectivity index (χ2n) is 14.6. The molecule has 0 saturated heterocycles. The molecule has 6 rings (SSSR count). The van der Waals surface area contributed by atoms with Crippen LogP contribution in [0.25, 0.3) is 0 Å². The molecule has 238 valence electrons. The summed E-state index contributed by atoms with van der Waals surface area (Å²) in [5, 5.41) is 54.7. The van der Waals surface area contributed by atoms with E-state index in [1.807, 2.05) is 36.4 Å². The number of unbranched alkanes of at least 4 members (excludes halogenated alkanes) is 2. The van der Waals surface area contributed by atoms with Gasteiger partial charge in [-0.1, -0.05) is 115 Å². The van der Waals surface area contributed by atoms with E-state index in [9.17, 15) is 20.4 Å². The maximum absolute atomic E-state index is 13.7. The summed E-state index contributed by atoms with van der Waals surface area (Å²) in [7, 11) is 0. The quantitative estimate of drug-likeness (QED) is 0.440. The number of rotatable bonds is 9. The maximum Gasteiger partial charge on any atom is 0.0450 e. The van der Waals surface area contributed by atoms with E-state index in [-0.39, 0.29) is 10.8 Å². The van der Waals surface area contributed by atoms with Crippen molar-refractivity contribution in [3.63, 3.8) is 0 Å². The molecule has 0 spiro atoms. The first kappa shape index (κ1) is 31.3. The molecule has 2 aliphatic heterocycles. The SMILES string of the molecule is CCCCN1C(=CC2C([O-])C(C3C([O-])C(C=C4N(CCCC)c5ccccc5C4(C)C)C3[O-])C2[O-])C(C)(C)c2ccccc21. The average Bonchev–Trinajstić information content (AvgIpc) is 3.36. The second kappa shape index (κ2) is 11.6. The summed E-state index contributed by atoms with van der Waals surface area (Å²) in [5.41, 5.74) is 6.00. The lowest BCUT2D eigenvalue weighted by Gasteiger charge is -2.73. The van der Waals surface area contributed by atoms with Crippen LogP contribution in [0.1, 0.15) is 78.4 Å². The molecule has 0 bridgehead atoms. The van der Waals surface area contributed by atoms with Crippen LogP contribution in [0.3, 0.4) is 0 Å². The summed E-state index contributed by atoms with van der Waals surface area (Å²) in [6.07, 6.45) is 3.00. The third-order valence-electron chi connectivity index (χ3n) is 11.2. The Hall–Kier alpha value is -2.64. The Morgan fingerprint density at radius 2 is 0.932 bits per heavy atom. The number of hydrogen-bond donors (Lipinski definition) is 0. The first-order valence-electron chi connectivity index (χ1n) is 16.8. The van der Waals surface area contributed by atoms with Gasteiger partial charge in [0.15, 0.2) is 0 Å². The number of para-hydroxylation sites is 2. The van der Waals surface area contributed by atoms with Gasteiger partial charge in [0.1, 0.15) is 0 Å². The molecule has 4 aliphatic rings. The van der Waals surface area contributed by atoms with Crippen molar-refractivity contribution in [2.24, 2.45) is 23.7 Å². The van der Waals surface area contributed by atoms with Gasteiger partial charge in [0.05, 0.1) is 0 Å².